The first-order valence-corrected chi connectivity index (χ1v) is 19.5. The molecular formula is C38H46ClN5O7S. The summed E-state index contributed by atoms with van der Waals surface area (Å²) in [5.74, 6) is -0.900. The number of aryl methyl sites for hydroxylation is 2. The summed E-state index contributed by atoms with van der Waals surface area (Å²) in [7, 11) is 1.95. The van der Waals surface area contributed by atoms with Crippen LogP contribution in [0, 0.1) is 17.8 Å². The zero-order valence-electron chi connectivity index (χ0n) is 29.8. The van der Waals surface area contributed by atoms with Gasteiger partial charge in [0.15, 0.2) is 0 Å². The number of aromatic nitrogens is 2. The summed E-state index contributed by atoms with van der Waals surface area (Å²) in [6, 6.07) is 11.4. The van der Waals surface area contributed by atoms with E-state index in [1.54, 1.807) is 45.4 Å². The average molecular weight is 752 g/mol. The normalized spacial score (nSPS) is 31.2. The van der Waals surface area contributed by atoms with Crippen LogP contribution in [0.25, 0.3) is 0 Å². The Morgan fingerprint density at radius 2 is 2.00 bits per heavy atom. The van der Waals surface area contributed by atoms with E-state index in [0.717, 1.165) is 42.8 Å². The van der Waals surface area contributed by atoms with E-state index in [1.165, 1.54) is 29.1 Å². The summed E-state index contributed by atoms with van der Waals surface area (Å²) in [4.78, 5) is 29.7. The van der Waals surface area contributed by atoms with Crippen LogP contribution in [-0.2, 0) is 34.2 Å². The molecule has 3 heterocycles. The molecule has 2 aromatic carbocycles. The van der Waals surface area contributed by atoms with Crippen molar-refractivity contribution in [2.45, 2.75) is 62.0 Å². The number of carbonyl (C=O) groups excluding carboxylic acids is 2. The highest BCUT2D eigenvalue weighted by Crippen LogP contribution is 2.47. The number of aliphatic hydroxyl groups excluding tert-OH is 1. The smallest absolute Gasteiger partial charge is 0.285 e. The van der Waals surface area contributed by atoms with Gasteiger partial charge in [-0.2, -0.15) is 4.36 Å². The number of thiol groups is 1. The van der Waals surface area contributed by atoms with E-state index in [4.69, 9.17) is 25.8 Å². The Morgan fingerprint density at radius 1 is 1.17 bits per heavy atom. The van der Waals surface area contributed by atoms with Crippen molar-refractivity contribution in [2.75, 3.05) is 38.8 Å². The fourth-order valence-electron chi connectivity index (χ4n) is 8.35. The fraction of sp³-hybridized carbons (Fsp3) is 0.500. The predicted octanol–water partition coefficient (Wildman–Crippen LogP) is 4.72. The minimum absolute atomic E-state index is 0.0848. The molecule has 2 unspecified atom stereocenters. The van der Waals surface area contributed by atoms with E-state index >= 15 is 0 Å². The first kappa shape index (κ1) is 36.4. The molecular weight excluding hydrogens is 706 g/mol. The van der Waals surface area contributed by atoms with Crippen molar-refractivity contribution in [1.29, 1.82) is 0 Å². The van der Waals surface area contributed by atoms with Crippen molar-refractivity contribution in [2.24, 2.45) is 29.2 Å². The number of methoxy groups -OCH3 is 2. The third-order valence-corrected chi connectivity index (χ3v) is 13.1. The number of amides is 2. The van der Waals surface area contributed by atoms with Crippen LogP contribution in [0.1, 0.15) is 64.4 Å². The average Bonchev–Trinajstić information content (AvgIpc) is 3.44. The number of rotatable bonds is 4. The van der Waals surface area contributed by atoms with Crippen molar-refractivity contribution in [3.05, 3.63) is 82.0 Å². The van der Waals surface area contributed by atoms with Gasteiger partial charge in [0.2, 0.25) is 5.88 Å². The topological polar surface area (TPSA) is 145 Å². The Labute approximate surface area is 310 Å². The molecule has 3 aromatic rings. The Hall–Kier alpha value is -3.91. The number of nitrogens with zero attached hydrogens (tertiary/aromatic N) is 4. The lowest BCUT2D eigenvalue weighted by molar-refractivity contribution is 0.0123. The largest absolute Gasteiger partial charge is 0.490 e. The summed E-state index contributed by atoms with van der Waals surface area (Å²) in [6.45, 7) is 3.53. The third-order valence-electron chi connectivity index (χ3n) is 11.4. The molecule has 0 radical (unpaired) electrons. The second kappa shape index (κ2) is 14.8. The summed E-state index contributed by atoms with van der Waals surface area (Å²) in [5, 5.41) is 17.8. The summed E-state index contributed by atoms with van der Waals surface area (Å²) in [5.41, 5.74) is 3.35. The first-order valence-electron chi connectivity index (χ1n) is 17.8. The zero-order chi connectivity index (χ0) is 36.7. The number of carbonyl (C=O) groups is 2. The molecule has 12 nitrogen and oxygen atoms in total. The monoisotopic (exact) mass is 751 g/mol. The van der Waals surface area contributed by atoms with E-state index in [1.807, 2.05) is 12.1 Å². The standard InChI is InChI=1S/C38H46ClN5O7S/c1-22-31(45)12-14-32(49-3)27-10-7-25(27)18-44-20-38(15-5-6-23-16-26(39)9-11-29(23)38)21-51-33-13-8-24(17-30(33)44)34(46)42-52(48)37(22)40-35(47)28-19-43(2)41-36(28)50-4/h8-9,11-14,16-17,19,22,25,27,31-32,37,45,52H,5-7,10,15,18,20-21H2,1-4H3,(H,40,47)/b14-12+/t22-,25-,27+,31-,32-,37?,38-/m0/s1. The number of halogens is 1. The molecule has 8 atom stereocenters. The lowest BCUT2D eigenvalue weighted by atomic mass is 9.68. The van der Waals surface area contributed by atoms with E-state index in [2.05, 4.69) is 31.8 Å². The van der Waals surface area contributed by atoms with Crippen molar-refractivity contribution >= 4 is 39.7 Å². The first-order chi connectivity index (χ1) is 25.0. The SMILES string of the molecule is COc1nn(C)cc1C(=O)NC1[C@@H](C)[C@@H](O)/C=C/[C@H](OC)[C@@H]2CC[C@H]2CN2C[C@@]3(CCCc4cc(Cl)ccc43)COc3ccc(cc32)C(=O)/N=[SH]\1=O. The number of ether oxygens (including phenoxy) is 3. The highest BCUT2D eigenvalue weighted by atomic mass is 35.5. The van der Waals surface area contributed by atoms with E-state index < -0.39 is 39.8 Å². The minimum atomic E-state index is -2.76. The molecule has 0 saturated heterocycles. The maximum Gasteiger partial charge on any atom is 0.285 e. The quantitative estimate of drug-likeness (QED) is 0.255. The molecule has 1 spiro atoms. The predicted molar refractivity (Wildman–Crippen MR) is 199 cm³/mol. The van der Waals surface area contributed by atoms with Gasteiger partial charge in [0, 0.05) is 55.4 Å². The zero-order valence-corrected chi connectivity index (χ0v) is 31.5. The van der Waals surface area contributed by atoms with Crippen LogP contribution in [0.5, 0.6) is 11.6 Å². The Kier molecular flexibility index (Phi) is 10.4. The van der Waals surface area contributed by atoms with Gasteiger partial charge in [-0.05, 0) is 85.4 Å². The number of fused-ring (bicyclic) bond motifs is 4. The second-order valence-electron chi connectivity index (χ2n) is 14.6. The van der Waals surface area contributed by atoms with Crippen molar-refractivity contribution in [1.82, 2.24) is 15.1 Å². The van der Waals surface area contributed by atoms with Crippen LogP contribution >= 0.6 is 11.6 Å². The van der Waals surface area contributed by atoms with Gasteiger partial charge in [0.1, 0.15) is 16.7 Å². The maximum absolute atomic E-state index is 14.0. The Morgan fingerprint density at radius 3 is 2.75 bits per heavy atom. The lowest BCUT2D eigenvalue weighted by Gasteiger charge is -2.46. The second-order valence-corrected chi connectivity index (χ2v) is 16.4. The van der Waals surface area contributed by atoms with E-state index in [9.17, 15) is 18.9 Å². The molecule has 14 heteroatoms. The summed E-state index contributed by atoms with van der Waals surface area (Å²) >= 11 is 6.44. The molecule has 4 aliphatic rings. The van der Waals surface area contributed by atoms with Crippen LogP contribution in [-0.4, -0.2) is 82.4 Å². The Bertz CT molecular complexity index is 1980. The third kappa shape index (κ3) is 6.95. The van der Waals surface area contributed by atoms with Gasteiger partial charge < -0.3 is 29.5 Å². The number of anilines is 1. The summed E-state index contributed by atoms with van der Waals surface area (Å²) < 4.78 is 37.4. The van der Waals surface area contributed by atoms with Crippen molar-refractivity contribution in [3.63, 3.8) is 0 Å². The molecule has 7 rings (SSSR count). The van der Waals surface area contributed by atoms with Crippen LogP contribution < -0.4 is 19.7 Å². The van der Waals surface area contributed by atoms with Crippen LogP contribution in [0.3, 0.4) is 0 Å². The fourth-order valence-corrected chi connectivity index (χ4v) is 9.77. The van der Waals surface area contributed by atoms with Gasteiger partial charge >= 0.3 is 0 Å². The number of nitrogens with one attached hydrogen (secondary N) is 1. The van der Waals surface area contributed by atoms with E-state index in [0.29, 0.717) is 25.4 Å². The molecule has 52 heavy (non-hydrogen) atoms. The minimum Gasteiger partial charge on any atom is -0.490 e. The number of aliphatic hydroxyl groups is 1. The van der Waals surface area contributed by atoms with Gasteiger partial charge in [-0.15, -0.1) is 5.10 Å². The lowest BCUT2D eigenvalue weighted by Crippen LogP contribution is -2.49. The Balaban J connectivity index is 1.29. The van der Waals surface area contributed by atoms with Gasteiger partial charge in [-0.3, -0.25) is 18.5 Å². The summed E-state index contributed by atoms with van der Waals surface area (Å²) in [6.07, 6.45) is 8.43. The number of hydrogen-bond donors (Lipinski definition) is 3. The number of benzene rings is 2. The molecule has 1 saturated carbocycles. The molecule has 2 N–H and O–H groups in total. The van der Waals surface area contributed by atoms with Crippen molar-refractivity contribution in [3.8, 4) is 11.6 Å². The van der Waals surface area contributed by atoms with Crippen LogP contribution in [0.15, 0.2) is 59.1 Å². The molecule has 278 valence electrons. The molecule has 2 aliphatic carbocycles. The molecule has 2 aliphatic heterocycles. The number of hydrogen-bond acceptors (Lipinski definition) is 9. The highest BCUT2D eigenvalue weighted by Gasteiger charge is 2.44. The molecule has 1 fully saturated rings. The maximum atomic E-state index is 14.0. The van der Waals surface area contributed by atoms with Gasteiger partial charge in [0.25, 0.3) is 11.8 Å². The van der Waals surface area contributed by atoms with Crippen LogP contribution in [0.2, 0.25) is 5.02 Å². The van der Waals surface area contributed by atoms with Crippen LogP contribution in [0.4, 0.5) is 5.69 Å². The molecule has 2 amide bonds. The van der Waals surface area contributed by atoms with Gasteiger partial charge in [0.05, 0.1) is 42.2 Å². The van der Waals surface area contributed by atoms with Gasteiger partial charge in [-0.25, -0.2) is 0 Å². The molecule has 1 aromatic heterocycles. The highest BCUT2D eigenvalue weighted by molar-refractivity contribution is 7.76. The van der Waals surface area contributed by atoms with Gasteiger partial charge in [-0.1, -0.05) is 36.7 Å². The van der Waals surface area contributed by atoms with E-state index in [-0.39, 0.29) is 40.4 Å². The van der Waals surface area contributed by atoms with Crippen molar-refractivity contribution < 1.29 is 33.1 Å². The molecule has 2 bridgehead atoms.